The highest BCUT2D eigenvalue weighted by atomic mass is 32.1. The van der Waals surface area contributed by atoms with Crippen LogP contribution in [0.4, 0.5) is 13.2 Å². The second kappa shape index (κ2) is 9.36. The van der Waals surface area contributed by atoms with Crippen molar-refractivity contribution in [2.75, 3.05) is 26.2 Å². The van der Waals surface area contributed by atoms with Gasteiger partial charge in [-0.15, -0.1) is 11.3 Å². The first-order chi connectivity index (χ1) is 12.3. The number of likely N-dealkylation sites (tertiary alicyclic amines) is 1. The molecule has 2 rings (SSSR count). The standard InChI is InChI=1S/C17H26F3N5S/c1-4-21-16(22-9-15-24-14(11-26-15)17(18,19)20)23-13-5-7-25(8-6-13)10-12(2)3/h11,13H,2,4-10H2,1,3H3,(H2,21,22,23). The molecule has 0 aliphatic carbocycles. The van der Waals surface area contributed by atoms with Crippen LogP contribution in [0.25, 0.3) is 0 Å². The summed E-state index contributed by atoms with van der Waals surface area (Å²) in [7, 11) is 0. The van der Waals surface area contributed by atoms with Crippen LogP contribution in [0.5, 0.6) is 0 Å². The van der Waals surface area contributed by atoms with Gasteiger partial charge in [0.05, 0.1) is 6.54 Å². The van der Waals surface area contributed by atoms with Crippen molar-refractivity contribution in [2.24, 2.45) is 4.99 Å². The molecule has 0 bridgehead atoms. The van der Waals surface area contributed by atoms with E-state index >= 15 is 0 Å². The zero-order valence-corrected chi connectivity index (χ0v) is 16.0. The first-order valence-corrected chi connectivity index (χ1v) is 9.59. The Labute approximate surface area is 156 Å². The molecule has 26 heavy (non-hydrogen) atoms. The van der Waals surface area contributed by atoms with Crippen LogP contribution in [0.1, 0.15) is 37.4 Å². The van der Waals surface area contributed by atoms with E-state index in [1.54, 1.807) is 0 Å². The van der Waals surface area contributed by atoms with Gasteiger partial charge in [0.25, 0.3) is 0 Å². The number of nitrogens with zero attached hydrogens (tertiary/aromatic N) is 3. The molecule has 0 saturated carbocycles. The first-order valence-electron chi connectivity index (χ1n) is 8.71. The summed E-state index contributed by atoms with van der Waals surface area (Å²) in [5.41, 5.74) is 0.309. The Kier molecular flexibility index (Phi) is 7.45. The van der Waals surface area contributed by atoms with Crippen molar-refractivity contribution in [3.8, 4) is 0 Å². The third-order valence-corrected chi connectivity index (χ3v) is 4.81. The van der Waals surface area contributed by atoms with E-state index in [9.17, 15) is 13.2 Å². The number of hydrogen-bond donors (Lipinski definition) is 2. The van der Waals surface area contributed by atoms with Gasteiger partial charge in [-0.3, -0.25) is 4.90 Å². The normalized spacial score (nSPS) is 17.3. The van der Waals surface area contributed by atoms with Crippen molar-refractivity contribution in [2.45, 2.75) is 45.5 Å². The van der Waals surface area contributed by atoms with Gasteiger partial charge in [-0.25, -0.2) is 9.98 Å². The molecule has 2 heterocycles. The van der Waals surface area contributed by atoms with Crippen LogP contribution < -0.4 is 10.6 Å². The number of alkyl halides is 3. The SMILES string of the molecule is C=C(C)CN1CCC(NC(=NCc2nc(C(F)(F)F)cs2)NCC)CC1. The van der Waals surface area contributed by atoms with Crippen molar-refractivity contribution in [1.29, 1.82) is 0 Å². The van der Waals surface area contributed by atoms with Crippen LogP contribution in [0, 0.1) is 0 Å². The number of halogens is 3. The van der Waals surface area contributed by atoms with Gasteiger partial charge in [0.1, 0.15) is 5.01 Å². The van der Waals surface area contributed by atoms with Crippen molar-refractivity contribution in [3.05, 3.63) is 28.2 Å². The fourth-order valence-electron chi connectivity index (χ4n) is 2.79. The summed E-state index contributed by atoms with van der Waals surface area (Å²) in [6, 6.07) is 0.302. The Hall–Kier alpha value is -1.61. The molecule has 146 valence electrons. The lowest BCUT2D eigenvalue weighted by molar-refractivity contribution is -0.140. The molecular weight excluding hydrogens is 363 g/mol. The Morgan fingerprint density at radius 3 is 2.65 bits per heavy atom. The molecule has 1 fully saturated rings. The molecule has 1 aliphatic heterocycles. The van der Waals surface area contributed by atoms with Crippen molar-refractivity contribution < 1.29 is 13.2 Å². The average molecular weight is 389 g/mol. The maximum atomic E-state index is 12.6. The summed E-state index contributed by atoms with van der Waals surface area (Å²) in [5.74, 6) is 0.620. The summed E-state index contributed by atoms with van der Waals surface area (Å²) in [4.78, 5) is 10.4. The lowest BCUT2D eigenvalue weighted by Crippen LogP contribution is -2.48. The highest BCUT2D eigenvalue weighted by molar-refractivity contribution is 7.09. The third kappa shape index (κ3) is 6.60. The van der Waals surface area contributed by atoms with Crippen LogP contribution in [-0.2, 0) is 12.7 Å². The minimum Gasteiger partial charge on any atom is -0.357 e. The predicted octanol–water partition coefficient (Wildman–Crippen LogP) is 3.26. The van der Waals surface area contributed by atoms with Crippen LogP contribution in [-0.4, -0.2) is 48.1 Å². The number of hydrogen-bond acceptors (Lipinski definition) is 4. The van der Waals surface area contributed by atoms with Crippen LogP contribution in [0.15, 0.2) is 22.5 Å². The third-order valence-electron chi connectivity index (χ3n) is 3.98. The fraction of sp³-hybridized carbons (Fsp3) is 0.647. The molecular formula is C17H26F3N5S. The van der Waals surface area contributed by atoms with Gasteiger partial charge < -0.3 is 10.6 Å². The molecule has 1 aromatic heterocycles. The highest BCUT2D eigenvalue weighted by Crippen LogP contribution is 2.30. The lowest BCUT2D eigenvalue weighted by Gasteiger charge is -2.33. The zero-order valence-electron chi connectivity index (χ0n) is 15.2. The van der Waals surface area contributed by atoms with E-state index in [4.69, 9.17) is 0 Å². The van der Waals surface area contributed by atoms with Crippen LogP contribution >= 0.6 is 11.3 Å². The fourth-order valence-corrected chi connectivity index (χ4v) is 3.52. The van der Waals surface area contributed by atoms with Crippen molar-refractivity contribution >= 4 is 17.3 Å². The maximum absolute atomic E-state index is 12.6. The maximum Gasteiger partial charge on any atom is 0.434 e. The van der Waals surface area contributed by atoms with Crippen LogP contribution in [0.2, 0.25) is 0 Å². The molecule has 0 amide bonds. The Morgan fingerprint density at radius 2 is 2.12 bits per heavy atom. The number of aromatic nitrogens is 1. The minimum atomic E-state index is -4.40. The van der Waals surface area contributed by atoms with Gasteiger partial charge >= 0.3 is 6.18 Å². The molecule has 0 atom stereocenters. The summed E-state index contributed by atoms with van der Waals surface area (Å²) >= 11 is 0.980. The Bertz CT molecular complexity index is 618. The van der Waals surface area contributed by atoms with E-state index < -0.39 is 11.9 Å². The largest absolute Gasteiger partial charge is 0.434 e. The van der Waals surface area contributed by atoms with E-state index in [1.807, 2.05) is 13.8 Å². The molecule has 9 heteroatoms. The number of aliphatic imine (C=N–C) groups is 1. The molecule has 1 saturated heterocycles. The van der Waals surface area contributed by atoms with Gasteiger partial charge in [-0.1, -0.05) is 12.2 Å². The molecule has 1 aliphatic rings. The molecule has 0 spiro atoms. The number of thiazole rings is 1. The molecule has 1 aromatic rings. The lowest BCUT2D eigenvalue weighted by atomic mass is 10.0. The second-order valence-electron chi connectivity index (χ2n) is 6.47. The average Bonchev–Trinajstić information content (AvgIpc) is 3.03. The summed E-state index contributed by atoms with van der Waals surface area (Å²) in [6.07, 6.45) is -2.42. The monoisotopic (exact) mass is 389 g/mol. The van der Waals surface area contributed by atoms with Gasteiger partial charge in [0.15, 0.2) is 11.7 Å². The molecule has 0 aromatic carbocycles. The van der Waals surface area contributed by atoms with E-state index in [0.717, 1.165) is 54.8 Å². The smallest absolute Gasteiger partial charge is 0.357 e. The number of rotatable bonds is 6. The van der Waals surface area contributed by atoms with E-state index in [2.05, 4.69) is 32.1 Å². The quantitative estimate of drug-likeness (QED) is 0.446. The molecule has 5 nitrogen and oxygen atoms in total. The van der Waals surface area contributed by atoms with Gasteiger partial charge in [-0.2, -0.15) is 13.2 Å². The van der Waals surface area contributed by atoms with E-state index in [1.165, 1.54) is 0 Å². The van der Waals surface area contributed by atoms with Gasteiger partial charge in [-0.05, 0) is 26.7 Å². The minimum absolute atomic E-state index is 0.130. The topological polar surface area (TPSA) is 52.5 Å². The second-order valence-corrected chi connectivity index (χ2v) is 7.41. The molecule has 0 unspecified atom stereocenters. The highest BCUT2D eigenvalue weighted by Gasteiger charge is 2.33. The number of guanidine groups is 1. The van der Waals surface area contributed by atoms with Gasteiger partial charge in [0.2, 0.25) is 0 Å². The summed E-state index contributed by atoms with van der Waals surface area (Å²) in [5, 5.41) is 7.91. The Morgan fingerprint density at radius 1 is 1.42 bits per heavy atom. The van der Waals surface area contributed by atoms with Gasteiger partial charge in [0, 0.05) is 37.6 Å². The van der Waals surface area contributed by atoms with Crippen molar-refractivity contribution in [3.63, 3.8) is 0 Å². The molecule has 0 radical (unpaired) electrons. The Balaban J connectivity index is 1.89. The van der Waals surface area contributed by atoms with E-state index in [-0.39, 0.29) is 6.54 Å². The zero-order chi connectivity index (χ0) is 19.2. The van der Waals surface area contributed by atoms with Crippen molar-refractivity contribution in [1.82, 2.24) is 20.5 Å². The summed E-state index contributed by atoms with van der Waals surface area (Å²) in [6.45, 7) is 11.7. The van der Waals surface area contributed by atoms with Crippen LogP contribution in [0.3, 0.4) is 0 Å². The number of nitrogens with one attached hydrogen (secondary N) is 2. The number of piperidine rings is 1. The summed E-state index contributed by atoms with van der Waals surface area (Å²) < 4.78 is 37.8. The van der Waals surface area contributed by atoms with E-state index in [0.29, 0.717) is 23.6 Å². The first kappa shape index (κ1) is 20.7. The predicted molar refractivity (Wildman–Crippen MR) is 99.3 cm³/mol. The molecule has 2 N–H and O–H groups in total.